The van der Waals surface area contributed by atoms with Crippen molar-refractivity contribution in [2.24, 2.45) is 0 Å². The predicted octanol–water partition coefficient (Wildman–Crippen LogP) is 8.20. The SMILES string of the molecule is COc1cc2oc3c(c2cc1OC)c1oc2cc(OC)c(OC[Si](C)(C)OC)cc2c1c1oc2cc(OC)c(OC)cc2c31. The maximum Gasteiger partial charge on any atom is 0.224 e. The average molecular weight is 617 g/mol. The van der Waals surface area contributed by atoms with Crippen molar-refractivity contribution in [2.75, 3.05) is 48.9 Å². The summed E-state index contributed by atoms with van der Waals surface area (Å²) in [5, 5.41) is 4.71. The molecule has 3 aromatic heterocycles. The van der Waals surface area contributed by atoms with Gasteiger partial charge in [-0.25, -0.2) is 0 Å². The zero-order valence-corrected chi connectivity index (χ0v) is 26.8. The van der Waals surface area contributed by atoms with Crippen molar-refractivity contribution in [3.8, 4) is 34.5 Å². The summed E-state index contributed by atoms with van der Waals surface area (Å²) in [5.74, 6) is 3.36. The van der Waals surface area contributed by atoms with Crippen molar-refractivity contribution in [3.63, 3.8) is 0 Å². The Balaban J connectivity index is 1.66. The lowest BCUT2D eigenvalue weighted by Gasteiger charge is -2.21. The van der Waals surface area contributed by atoms with Crippen LogP contribution in [0.4, 0.5) is 0 Å². The van der Waals surface area contributed by atoms with Crippen LogP contribution in [0.25, 0.3) is 65.8 Å². The number of hydrogen-bond donors (Lipinski definition) is 0. The van der Waals surface area contributed by atoms with Crippen LogP contribution in [-0.2, 0) is 4.43 Å². The Morgan fingerprint density at radius 1 is 0.477 bits per heavy atom. The van der Waals surface area contributed by atoms with Gasteiger partial charge in [0.2, 0.25) is 8.32 Å². The van der Waals surface area contributed by atoms with Gasteiger partial charge in [-0.1, -0.05) is 0 Å². The summed E-state index contributed by atoms with van der Waals surface area (Å²) >= 11 is 0. The first-order valence-electron chi connectivity index (χ1n) is 14.0. The van der Waals surface area contributed by atoms with E-state index in [1.165, 1.54) is 0 Å². The van der Waals surface area contributed by atoms with E-state index in [9.17, 15) is 0 Å². The molecule has 0 atom stereocenters. The maximum atomic E-state index is 6.63. The number of methoxy groups -OCH3 is 5. The van der Waals surface area contributed by atoms with E-state index in [1.807, 2.05) is 36.4 Å². The van der Waals surface area contributed by atoms with Gasteiger partial charge in [0.25, 0.3) is 0 Å². The van der Waals surface area contributed by atoms with E-state index >= 15 is 0 Å². The fraction of sp³-hybridized carbons (Fsp3) is 0.273. The van der Waals surface area contributed by atoms with E-state index in [0.29, 0.717) is 74.2 Å². The molecular weight excluding hydrogens is 584 g/mol. The molecule has 0 spiro atoms. The van der Waals surface area contributed by atoms with Crippen molar-refractivity contribution in [3.05, 3.63) is 36.4 Å². The molecule has 0 saturated carbocycles. The Morgan fingerprint density at radius 3 is 1.14 bits per heavy atom. The zero-order chi connectivity index (χ0) is 30.9. The minimum absolute atomic E-state index is 0.443. The van der Waals surface area contributed by atoms with Crippen LogP contribution < -0.4 is 28.4 Å². The third-order valence-corrected chi connectivity index (χ3v) is 10.1. The highest BCUT2D eigenvalue weighted by Crippen LogP contribution is 2.51. The Labute approximate surface area is 252 Å². The molecule has 0 saturated heterocycles. The highest BCUT2D eigenvalue weighted by molar-refractivity contribution is 6.71. The van der Waals surface area contributed by atoms with Crippen LogP contribution in [0.15, 0.2) is 49.6 Å². The molecule has 0 fully saturated rings. The smallest absolute Gasteiger partial charge is 0.224 e. The molecule has 0 unspecified atom stereocenters. The highest BCUT2D eigenvalue weighted by Gasteiger charge is 2.29. The minimum atomic E-state index is -2.04. The first-order valence-corrected chi connectivity index (χ1v) is 17.1. The molecule has 0 radical (unpaired) electrons. The molecular formula is C33H32O10Si. The molecule has 0 aliphatic rings. The van der Waals surface area contributed by atoms with E-state index < -0.39 is 8.32 Å². The molecule has 0 aliphatic carbocycles. The molecule has 11 heteroatoms. The lowest BCUT2D eigenvalue weighted by Crippen LogP contribution is -2.37. The largest absolute Gasteiger partial charge is 0.493 e. The Morgan fingerprint density at radius 2 is 0.795 bits per heavy atom. The van der Waals surface area contributed by atoms with Gasteiger partial charge in [-0.3, -0.25) is 0 Å². The van der Waals surface area contributed by atoms with Gasteiger partial charge in [0, 0.05) is 41.5 Å². The standard InChI is InChI=1S/C33H32O10Si/c1-34-22-9-16-19(12-24(22)36-3)41-31-28-17-10-23(35-2)25(37-4)13-20(17)42-32(28)30-18-11-27(40-15-44(7,8)39-6)26(38-5)14-21(18)43-33(30)29(16)31/h9-14H,15H2,1-8H3. The van der Waals surface area contributed by atoms with Crippen LogP contribution in [0.2, 0.25) is 13.1 Å². The van der Waals surface area contributed by atoms with Crippen LogP contribution in [0.1, 0.15) is 0 Å². The number of rotatable bonds is 9. The second-order valence-corrected chi connectivity index (χ2v) is 15.3. The summed E-state index contributed by atoms with van der Waals surface area (Å²) in [4.78, 5) is 0. The monoisotopic (exact) mass is 616 g/mol. The van der Waals surface area contributed by atoms with Gasteiger partial charge in [-0.2, -0.15) is 0 Å². The van der Waals surface area contributed by atoms with Crippen LogP contribution in [0.5, 0.6) is 34.5 Å². The summed E-state index contributed by atoms with van der Waals surface area (Å²) < 4.78 is 60.0. The fourth-order valence-electron chi connectivity index (χ4n) is 5.74. The van der Waals surface area contributed by atoms with Crippen molar-refractivity contribution in [1.29, 1.82) is 0 Å². The van der Waals surface area contributed by atoms with Crippen molar-refractivity contribution in [2.45, 2.75) is 13.1 Å². The van der Waals surface area contributed by atoms with Crippen LogP contribution in [-0.4, -0.2) is 57.2 Å². The second-order valence-electron chi connectivity index (χ2n) is 11.1. The number of hydrogen-bond acceptors (Lipinski definition) is 10. The first-order chi connectivity index (χ1) is 21.2. The van der Waals surface area contributed by atoms with Gasteiger partial charge in [-0.15, -0.1) is 0 Å². The molecule has 7 rings (SSSR count). The van der Waals surface area contributed by atoms with Crippen molar-refractivity contribution in [1.82, 2.24) is 0 Å². The molecule has 0 N–H and O–H groups in total. The predicted molar refractivity (Wildman–Crippen MR) is 171 cm³/mol. The van der Waals surface area contributed by atoms with Crippen LogP contribution >= 0.6 is 0 Å². The summed E-state index contributed by atoms with van der Waals surface area (Å²) in [7, 11) is 7.67. The topological polar surface area (TPSA) is 104 Å². The number of ether oxygens (including phenoxy) is 6. The number of fused-ring (bicyclic) bond motifs is 12. The molecule has 3 heterocycles. The normalized spacial score (nSPS) is 12.3. The Kier molecular flexibility index (Phi) is 6.48. The molecule has 44 heavy (non-hydrogen) atoms. The molecule has 0 aliphatic heterocycles. The molecule has 228 valence electrons. The summed E-state index contributed by atoms with van der Waals surface area (Å²) in [5.41, 5.74) is 3.60. The molecule has 0 amide bonds. The average Bonchev–Trinajstić information content (AvgIpc) is 3.71. The number of furan rings is 3. The van der Waals surface area contributed by atoms with E-state index in [4.69, 9.17) is 46.1 Å². The first kappa shape index (κ1) is 28.1. The summed E-state index contributed by atoms with van der Waals surface area (Å²) in [6.07, 6.45) is 0.443. The van der Waals surface area contributed by atoms with Crippen molar-refractivity contribution >= 4 is 74.1 Å². The summed E-state index contributed by atoms with van der Waals surface area (Å²) in [6.45, 7) is 4.19. The molecule has 4 aromatic carbocycles. The lowest BCUT2D eigenvalue weighted by molar-refractivity contribution is 0.303. The van der Waals surface area contributed by atoms with E-state index in [1.54, 1.807) is 42.7 Å². The van der Waals surface area contributed by atoms with Crippen LogP contribution in [0.3, 0.4) is 0 Å². The van der Waals surface area contributed by atoms with E-state index in [0.717, 1.165) is 32.3 Å². The molecule has 7 aromatic rings. The maximum absolute atomic E-state index is 6.63. The highest BCUT2D eigenvalue weighted by atomic mass is 28.4. The van der Waals surface area contributed by atoms with Gasteiger partial charge in [0.15, 0.2) is 51.2 Å². The van der Waals surface area contributed by atoms with E-state index in [-0.39, 0.29) is 0 Å². The second kappa shape index (κ2) is 10.2. The third-order valence-electron chi connectivity index (χ3n) is 8.17. The van der Waals surface area contributed by atoms with Gasteiger partial charge < -0.3 is 46.1 Å². The van der Waals surface area contributed by atoms with Crippen LogP contribution in [0, 0.1) is 0 Å². The Hall–Kier alpha value is -4.74. The van der Waals surface area contributed by atoms with Crippen molar-refractivity contribution < 1.29 is 46.1 Å². The Bertz CT molecular complexity index is 2190. The van der Waals surface area contributed by atoms with E-state index in [2.05, 4.69) is 13.1 Å². The van der Waals surface area contributed by atoms with Gasteiger partial charge in [-0.05, 0) is 31.3 Å². The lowest BCUT2D eigenvalue weighted by atomic mass is 10.0. The zero-order valence-electron chi connectivity index (χ0n) is 25.8. The number of benzene rings is 4. The van der Waals surface area contributed by atoms with Gasteiger partial charge in [0.1, 0.15) is 23.0 Å². The van der Waals surface area contributed by atoms with Gasteiger partial charge >= 0.3 is 0 Å². The minimum Gasteiger partial charge on any atom is -0.493 e. The third kappa shape index (κ3) is 4.03. The van der Waals surface area contributed by atoms with Gasteiger partial charge in [0.05, 0.1) is 51.7 Å². The fourth-order valence-corrected chi connectivity index (χ4v) is 6.36. The molecule has 10 nitrogen and oxygen atoms in total. The quantitative estimate of drug-likeness (QED) is 0.147. The summed E-state index contributed by atoms with van der Waals surface area (Å²) in [6, 6.07) is 11.2. The molecule has 0 bridgehead atoms.